The SMILES string of the molecule is O=S(=O)(O)CCCOC1CCCCC1. The number of hydrogen-bond donors (Lipinski definition) is 1. The highest BCUT2D eigenvalue weighted by atomic mass is 32.2. The largest absolute Gasteiger partial charge is 0.378 e. The van der Waals surface area contributed by atoms with Crippen LogP contribution in [-0.4, -0.2) is 31.4 Å². The first-order valence-corrected chi connectivity index (χ1v) is 6.75. The van der Waals surface area contributed by atoms with Crippen LogP contribution in [0, 0.1) is 0 Å². The fraction of sp³-hybridized carbons (Fsp3) is 1.00. The summed E-state index contributed by atoms with van der Waals surface area (Å²) in [6.07, 6.45) is 6.58. The predicted octanol–water partition coefficient (Wildman–Crippen LogP) is 1.61. The lowest BCUT2D eigenvalue weighted by Gasteiger charge is -2.21. The van der Waals surface area contributed by atoms with E-state index in [1.54, 1.807) is 0 Å². The van der Waals surface area contributed by atoms with E-state index >= 15 is 0 Å². The van der Waals surface area contributed by atoms with Crippen molar-refractivity contribution in [2.75, 3.05) is 12.4 Å². The Bertz CT molecular complexity index is 242. The maximum atomic E-state index is 10.4. The Morgan fingerprint density at radius 2 is 1.86 bits per heavy atom. The summed E-state index contributed by atoms with van der Waals surface area (Å²) in [5, 5.41) is 0. The zero-order chi connectivity index (χ0) is 10.4. The van der Waals surface area contributed by atoms with Gasteiger partial charge >= 0.3 is 0 Å². The molecule has 1 rings (SSSR count). The van der Waals surface area contributed by atoms with E-state index in [0.29, 0.717) is 19.1 Å². The first kappa shape index (κ1) is 11.9. The Kier molecular flexibility index (Phi) is 4.84. The Morgan fingerprint density at radius 1 is 1.21 bits per heavy atom. The van der Waals surface area contributed by atoms with Crippen molar-refractivity contribution in [3.63, 3.8) is 0 Å². The van der Waals surface area contributed by atoms with Crippen LogP contribution >= 0.6 is 0 Å². The third-order valence-electron chi connectivity index (χ3n) is 2.45. The molecular formula is C9H18O4S. The monoisotopic (exact) mass is 222 g/mol. The van der Waals surface area contributed by atoms with E-state index in [0.717, 1.165) is 12.8 Å². The molecule has 0 unspecified atom stereocenters. The van der Waals surface area contributed by atoms with Crippen LogP contribution in [0.2, 0.25) is 0 Å². The van der Waals surface area contributed by atoms with Crippen molar-refractivity contribution in [3.05, 3.63) is 0 Å². The molecule has 0 saturated heterocycles. The van der Waals surface area contributed by atoms with Gasteiger partial charge in [0.2, 0.25) is 0 Å². The summed E-state index contributed by atoms with van der Waals surface area (Å²) in [6.45, 7) is 0.435. The van der Waals surface area contributed by atoms with Gasteiger partial charge in [-0.2, -0.15) is 8.42 Å². The van der Waals surface area contributed by atoms with Crippen molar-refractivity contribution in [2.24, 2.45) is 0 Å². The van der Waals surface area contributed by atoms with Gasteiger partial charge in [-0.1, -0.05) is 19.3 Å². The van der Waals surface area contributed by atoms with E-state index in [1.807, 2.05) is 0 Å². The smallest absolute Gasteiger partial charge is 0.264 e. The number of hydrogen-bond acceptors (Lipinski definition) is 3. The van der Waals surface area contributed by atoms with E-state index in [-0.39, 0.29) is 5.75 Å². The summed E-state index contributed by atoms with van der Waals surface area (Å²) in [5.74, 6) is -0.195. The van der Waals surface area contributed by atoms with Crippen LogP contribution in [0.5, 0.6) is 0 Å². The van der Waals surface area contributed by atoms with Crippen molar-refractivity contribution in [1.29, 1.82) is 0 Å². The first-order valence-electron chi connectivity index (χ1n) is 5.15. The van der Waals surface area contributed by atoms with Crippen molar-refractivity contribution in [1.82, 2.24) is 0 Å². The van der Waals surface area contributed by atoms with Crippen LogP contribution in [0.4, 0.5) is 0 Å². The molecule has 0 radical (unpaired) electrons. The summed E-state index contributed by atoms with van der Waals surface area (Å²) in [5.41, 5.74) is 0. The van der Waals surface area contributed by atoms with E-state index in [1.165, 1.54) is 19.3 Å². The Labute approximate surface area is 85.4 Å². The lowest BCUT2D eigenvalue weighted by atomic mass is 9.98. The summed E-state index contributed by atoms with van der Waals surface area (Å²) < 4.78 is 34.7. The van der Waals surface area contributed by atoms with E-state index in [4.69, 9.17) is 9.29 Å². The minimum Gasteiger partial charge on any atom is -0.378 e. The first-order chi connectivity index (χ1) is 6.58. The molecule has 0 aromatic heterocycles. The molecule has 0 bridgehead atoms. The van der Waals surface area contributed by atoms with Gasteiger partial charge in [0.05, 0.1) is 11.9 Å². The maximum Gasteiger partial charge on any atom is 0.264 e. The van der Waals surface area contributed by atoms with Crippen molar-refractivity contribution in [2.45, 2.75) is 44.6 Å². The predicted molar refractivity (Wildman–Crippen MR) is 53.9 cm³/mol. The zero-order valence-corrected chi connectivity index (χ0v) is 9.13. The summed E-state index contributed by atoms with van der Waals surface area (Å²) in [7, 11) is -3.81. The Hall–Kier alpha value is -0.130. The Balaban J connectivity index is 2.03. The van der Waals surface area contributed by atoms with Gasteiger partial charge in [-0.05, 0) is 19.3 Å². The van der Waals surface area contributed by atoms with Crippen LogP contribution in [-0.2, 0) is 14.9 Å². The maximum absolute atomic E-state index is 10.4. The number of rotatable bonds is 5. The topological polar surface area (TPSA) is 63.6 Å². The summed E-state index contributed by atoms with van der Waals surface area (Å²) >= 11 is 0. The normalized spacial score (nSPS) is 19.8. The van der Waals surface area contributed by atoms with Crippen LogP contribution in [0.1, 0.15) is 38.5 Å². The lowest BCUT2D eigenvalue weighted by Crippen LogP contribution is -2.18. The fourth-order valence-electron chi connectivity index (χ4n) is 1.72. The highest BCUT2D eigenvalue weighted by molar-refractivity contribution is 7.85. The highest BCUT2D eigenvalue weighted by Gasteiger charge is 2.13. The second-order valence-corrected chi connectivity index (χ2v) is 5.34. The molecule has 0 atom stereocenters. The van der Waals surface area contributed by atoms with Crippen LogP contribution < -0.4 is 0 Å². The summed E-state index contributed by atoms with van der Waals surface area (Å²) in [4.78, 5) is 0. The summed E-state index contributed by atoms with van der Waals surface area (Å²) in [6, 6.07) is 0. The molecule has 0 spiro atoms. The van der Waals surface area contributed by atoms with Gasteiger partial charge in [0, 0.05) is 6.61 Å². The van der Waals surface area contributed by atoms with Gasteiger partial charge in [0.1, 0.15) is 0 Å². The van der Waals surface area contributed by atoms with Crippen LogP contribution in [0.3, 0.4) is 0 Å². The standard InChI is InChI=1S/C9H18O4S/c10-14(11,12)8-4-7-13-9-5-2-1-3-6-9/h9H,1-8H2,(H,10,11,12). The fourth-order valence-corrected chi connectivity index (χ4v) is 2.21. The van der Waals surface area contributed by atoms with Crippen LogP contribution in [0.15, 0.2) is 0 Å². The molecule has 1 saturated carbocycles. The lowest BCUT2D eigenvalue weighted by molar-refractivity contribution is 0.0290. The second kappa shape index (κ2) is 5.68. The molecule has 1 fully saturated rings. The van der Waals surface area contributed by atoms with Gasteiger partial charge < -0.3 is 4.74 Å². The van der Waals surface area contributed by atoms with E-state index in [9.17, 15) is 8.42 Å². The average Bonchev–Trinajstić information content (AvgIpc) is 2.13. The minimum atomic E-state index is -3.81. The molecule has 0 aliphatic heterocycles. The van der Waals surface area contributed by atoms with Crippen LogP contribution in [0.25, 0.3) is 0 Å². The van der Waals surface area contributed by atoms with Gasteiger partial charge in [-0.3, -0.25) is 4.55 Å². The molecule has 1 aliphatic rings. The quantitative estimate of drug-likeness (QED) is 0.567. The molecule has 0 amide bonds. The Morgan fingerprint density at radius 3 is 2.43 bits per heavy atom. The molecular weight excluding hydrogens is 204 g/mol. The molecule has 1 aliphatic carbocycles. The minimum absolute atomic E-state index is 0.195. The van der Waals surface area contributed by atoms with Crippen molar-refractivity contribution >= 4 is 10.1 Å². The van der Waals surface area contributed by atoms with Crippen molar-refractivity contribution < 1.29 is 17.7 Å². The molecule has 5 heteroatoms. The second-order valence-electron chi connectivity index (χ2n) is 3.77. The number of ether oxygens (including phenoxy) is 1. The molecule has 1 N–H and O–H groups in total. The zero-order valence-electron chi connectivity index (χ0n) is 8.31. The van der Waals surface area contributed by atoms with Gasteiger partial charge in [-0.25, -0.2) is 0 Å². The van der Waals surface area contributed by atoms with Crippen molar-refractivity contribution in [3.8, 4) is 0 Å². The third-order valence-corrected chi connectivity index (χ3v) is 3.26. The van der Waals surface area contributed by atoms with Gasteiger partial charge in [0.25, 0.3) is 10.1 Å². The molecule has 4 nitrogen and oxygen atoms in total. The van der Waals surface area contributed by atoms with Gasteiger partial charge in [0.15, 0.2) is 0 Å². The van der Waals surface area contributed by atoms with Gasteiger partial charge in [-0.15, -0.1) is 0 Å². The van der Waals surface area contributed by atoms with E-state index in [2.05, 4.69) is 0 Å². The molecule has 14 heavy (non-hydrogen) atoms. The van der Waals surface area contributed by atoms with E-state index < -0.39 is 10.1 Å². The molecule has 0 aromatic rings. The average molecular weight is 222 g/mol. The highest BCUT2D eigenvalue weighted by Crippen LogP contribution is 2.20. The molecule has 84 valence electrons. The molecule has 0 heterocycles. The third kappa shape index (κ3) is 5.57. The molecule has 0 aromatic carbocycles.